The zero-order valence-electron chi connectivity index (χ0n) is 5.20. The summed E-state index contributed by atoms with van der Waals surface area (Å²) in [6.45, 7) is 3.56. The molecule has 0 aromatic carbocycles. The summed E-state index contributed by atoms with van der Waals surface area (Å²) >= 11 is 0. The van der Waals surface area contributed by atoms with Crippen molar-refractivity contribution in [2.45, 2.75) is 0 Å². The van der Waals surface area contributed by atoms with Crippen molar-refractivity contribution in [3.8, 4) is 0 Å². The summed E-state index contributed by atoms with van der Waals surface area (Å²) in [4.78, 5) is 0. The molecule has 1 nitrogen and oxygen atoms in total. The first kappa shape index (κ1) is 5.89. The largest absolute Gasteiger partial charge is 0.331 e. The average Bonchev–Trinajstić information content (AvgIpc) is 2.34. The molecule has 0 radical (unpaired) electrons. The van der Waals surface area contributed by atoms with Crippen molar-refractivity contribution in [3.05, 3.63) is 43.3 Å². The summed E-state index contributed by atoms with van der Waals surface area (Å²) in [7, 11) is 0. The molecule has 46 valence electrons. The highest BCUT2D eigenvalue weighted by atomic mass is 14.9. The molecule has 0 amide bonds. The van der Waals surface area contributed by atoms with E-state index in [4.69, 9.17) is 0 Å². The van der Waals surface area contributed by atoms with Crippen LogP contribution in [0.15, 0.2) is 43.3 Å². The molecule has 0 aliphatic carbocycles. The number of hydrogen-bond acceptors (Lipinski definition) is 0. The summed E-state index contributed by atoms with van der Waals surface area (Å²) in [6.07, 6.45) is 9.52. The van der Waals surface area contributed by atoms with Crippen molar-refractivity contribution in [3.63, 3.8) is 0 Å². The number of hydrogen-bond donors (Lipinski definition) is 0. The van der Waals surface area contributed by atoms with E-state index in [9.17, 15) is 0 Å². The van der Waals surface area contributed by atoms with Crippen LogP contribution in [0.2, 0.25) is 0 Å². The van der Waals surface area contributed by atoms with E-state index in [1.807, 2.05) is 41.4 Å². The van der Waals surface area contributed by atoms with Crippen LogP contribution in [0.1, 0.15) is 0 Å². The minimum atomic E-state index is 1.75. The summed E-state index contributed by atoms with van der Waals surface area (Å²) in [5.74, 6) is 0. The molecular formula is C8H9N. The van der Waals surface area contributed by atoms with Crippen LogP contribution < -0.4 is 0 Å². The highest BCUT2D eigenvalue weighted by Crippen LogP contribution is 1.89. The molecule has 0 N–H and O–H groups in total. The topological polar surface area (TPSA) is 4.93 Å². The maximum absolute atomic E-state index is 3.56. The van der Waals surface area contributed by atoms with E-state index in [0.717, 1.165) is 0 Å². The van der Waals surface area contributed by atoms with Gasteiger partial charge in [0.1, 0.15) is 0 Å². The van der Waals surface area contributed by atoms with Gasteiger partial charge in [0, 0.05) is 18.6 Å². The number of aromatic nitrogens is 1. The molecule has 0 aliphatic heterocycles. The number of rotatable bonds is 2. The lowest BCUT2D eigenvalue weighted by molar-refractivity contribution is 1.17. The molecule has 1 aromatic heterocycles. The van der Waals surface area contributed by atoms with Gasteiger partial charge in [-0.15, -0.1) is 0 Å². The molecule has 0 saturated carbocycles. The van der Waals surface area contributed by atoms with Crippen LogP contribution in [0.25, 0.3) is 6.20 Å². The molecule has 0 unspecified atom stereocenters. The normalized spacial score (nSPS) is 10.2. The maximum Gasteiger partial charge on any atom is 0.00824 e. The number of nitrogens with zero attached hydrogens (tertiary/aromatic N) is 1. The van der Waals surface area contributed by atoms with Crippen molar-refractivity contribution in [2.24, 2.45) is 0 Å². The van der Waals surface area contributed by atoms with Gasteiger partial charge in [0.15, 0.2) is 0 Å². The Morgan fingerprint density at radius 2 is 1.89 bits per heavy atom. The van der Waals surface area contributed by atoms with Crippen LogP contribution in [0, 0.1) is 0 Å². The maximum atomic E-state index is 3.56. The van der Waals surface area contributed by atoms with Crippen molar-refractivity contribution in [1.29, 1.82) is 0 Å². The fraction of sp³-hybridized carbons (Fsp3) is 0. The first-order valence-electron chi connectivity index (χ1n) is 2.85. The minimum Gasteiger partial charge on any atom is -0.331 e. The van der Waals surface area contributed by atoms with E-state index in [0.29, 0.717) is 0 Å². The molecule has 1 heterocycles. The van der Waals surface area contributed by atoms with Crippen molar-refractivity contribution in [1.82, 2.24) is 4.57 Å². The molecule has 1 heteroatoms. The monoisotopic (exact) mass is 119 g/mol. The SMILES string of the molecule is C=CC=Cn1cccc1. The van der Waals surface area contributed by atoms with E-state index in [1.54, 1.807) is 6.08 Å². The fourth-order valence-electron chi connectivity index (χ4n) is 0.607. The molecule has 9 heavy (non-hydrogen) atoms. The Hall–Kier alpha value is -1.24. The van der Waals surface area contributed by atoms with Crippen molar-refractivity contribution < 1.29 is 0 Å². The van der Waals surface area contributed by atoms with E-state index < -0.39 is 0 Å². The van der Waals surface area contributed by atoms with Crippen LogP contribution in [-0.4, -0.2) is 4.57 Å². The van der Waals surface area contributed by atoms with Gasteiger partial charge in [0.05, 0.1) is 0 Å². The smallest absolute Gasteiger partial charge is 0.00824 e. The zero-order valence-corrected chi connectivity index (χ0v) is 5.20. The second-order valence-corrected chi connectivity index (χ2v) is 1.71. The van der Waals surface area contributed by atoms with Crippen LogP contribution in [0.4, 0.5) is 0 Å². The van der Waals surface area contributed by atoms with Gasteiger partial charge in [-0.05, 0) is 18.2 Å². The van der Waals surface area contributed by atoms with E-state index in [-0.39, 0.29) is 0 Å². The van der Waals surface area contributed by atoms with Gasteiger partial charge in [-0.2, -0.15) is 0 Å². The molecule has 0 spiro atoms. The molecular weight excluding hydrogens is 110 g/mol. The summed E-state index contributed by atoms with van der Waals surface area (Å²) in [6, 6.07) is 3.96. The quantitative estimate of drug-likeness (QED) is 0.526. The minimum absolute atomic E-state index is 1.75. The highest BCUT2D eigenvalue weighted by Gasteiger charge is 1.74. The van der Waals surface area contributed by atoms with Crippen LogP contribution in [0.3, 0.4) is 0 Å². The van der Waals surface area contributed by atoms with Gasteiger partial charge in [-0.1, -0.05) is 12.7 Å². The third-order valence-corrected chi connectivity index (χ3v) is 1.02. The lowest BCUT2D eigenvalue weighted by Gasteiger charge is -1.86. The second-order valence-electron chi connectivity index (χ2n) is 1.71. The first-order valence-corrected chi connectivity index (χ1v) is 2.85. The molecule has 0 bridgehead atoms. The summed E-state index contributed by atoms with van der Waals surface area (Å²) < 4.78 is 1.96. The molecule has 0 atom stereocenters. The Morgan fingerprint density at radius 3 is 2.44 bits per heavy atom. The fourth-order valence-corrected chi connectivity index (χ4v) is 0.607. The third kappa shape index (κ3) is 1.61. The molecule has 0 aliphatic rings. The van der Waals surface area contributed by atoms with Crippen LogP contribution in [-0.2, 0) is 0 Å². The lowest BCUT2D eigenvalue weighted by atomic mass is 10.6. The van der Waals surface area contributed by atoms with Crippen molar-refractivity contribution >= 4 is 6.20 Å². The molecule has 1 aromatic rings. The van der Waals surface area contributed by atoms with E-state index in [2.05, 4.69) is 6.58 Å². The third-order valence-electron chi connectivity index (χ3n) is 1.02. The first-order chi connectivity index (χ1) is 4.43. The zero-order chi connectivity index (χ0) is 6.53. The van der Waals surface area contributed by atoms with Gasteiger partial charge in [0.2, 0.25) is 0 Å². The summed E-state index contributed by atoms with van der Waals surface area (Å²) in [5.41, 5.74) is 0. The Bertz CT molecular complexity index is 194. The predicted molar refractivity (Wildman–Crippen MR) is 40.0 cm³/mol. The lowest BCUT2D eigenvalue weighted by Crippen LogP contribution is -1.74. The number of allylic oxidation sites excluding steroid dienone is 2. The second kappa shape index (κ2) is 2.92. The van der Waals surface area contributed by atoms with Gasteiger partial charge in [0.25, 0.3) is 0 Å². The van der Waals surface area contributed by atoms with Gasteiger partial charge < -0.3 is 4.57 Å². The predicted octanol–water partition coefficient (Wildman–Crippen LogP) is 2.14. The van der Waals surface area contributed by atoms with E-state index >= 15 is 0 Å². The van der Waals surface area contributed by atoms with Gasteiger partial charge >= 0.3 is 0 Å². The van der Waals surface area contributed by atoms with Gasteiger partial charge in [-0.3, -0.25) is 0 Å². The molecule has 0 fully saturated rings. The molecule has 1 rings (SSSR count). The highest BCUT2D eigenvalue weighted by molar-refractivity contribution is 5.27. The Morgan fingerprint density at radius 1 is 1.22 bits per heavy atom. The van der Waals surface area contributed by atoms with Crippen LogP contribution >= 0.6 is 0 Å². The van der Waals surface area contributed by atoms with E-state index in [1.165, 1.54) is 0 Å². The average molecular weight is 119 g/mol. The van der Waals surface area contributed by atoms with Gasteiger partial charge in [-0.25, -0.2) is 0 Å². The van der Waals surface area contributed by atoms with Crippen LogP contribution in [0.5, 0.6) is 0 Å². The standard InChI is InChI=1S/C8H9N/c1-2-3-6-9-7-4-5-8-9/h2-8H,1H2. The molecule has 0 saturated heterocycles. The Kier molecular flexibility index (Phi) is 1.91. The van der Waals surface area contributed by atoms with Crippen molar-refractivity contribution in [2.75, 3.05) is 0 Å². The summed E-state index contributed by atoms with van der Waals surface area (Å²) in [5, 5.41) is 0. The Balaban J connectivity index is 2.67. The Labute approximate surface area is 54.9 Å².